The van der Waals surface area contributed by atoms with E-state index in [1.807, 2.05) is 37.3 Å². The van der Waals surface area contributed by atoms with Crippen LogP contribution in [0.25, 0.3) is 18.2 Å². The highest BCUT2D eigenvalue weighted by Gasteiger charge is 2.10. The second-order valence-corrected chi connectivity index (χ2v) is 4.99. The van der Waals surface area contributed by atoms with E-state index in [-0.39, 0.29) is 0 Å². The lowest BCUT2D eigenvalue weighted by molar-refractivity contribution is 0.544. The van der Waals surface area contributed by atoms with Gasteiger partial charge in [-0.25, -0.2) is 0 Å². The lowest BCUT2D eigenvalue weighted by Crippen LogP contribution is -1.81. The van der Waals surface area contributed by atoms with Gasteiger partial charge in [0.1, 0.15) is 11.5 Å². The Bertz CT molecular complexity index is 496. The molecular formula is C18H24O. The molecule has 0 aliphatic rings. The van der Waals surface area contributed by atoms with E-state index in [4.69, 9.17) is 4.42 Å². The standard InChI is InChI=1S/C18H24O/c1-6-8-9-12-17-15(5)16(7-2)18(19-17)13-10-11-14(3)4/h6-10,12-14H,2,11H2,1,3-5H3/b8-6-,12-9-,13-10-. The molecule has 0 radical (unpaired) electrons. The van der Waals surface area contributed by atoms with Crippen LogP contribution in [-0.2, 0) is 0 Å². The zero-order chi connectivity index (χ0) is 14.3. The van der Waals surface area contributed by atoms with Gasteiger partial charge in [-0.1, -0.05) is 50.8 Å². The van der Waals surface area contributed by atoms with E-state index in [0.717, 1.165) is 29.1 Å². The summed E-state index contributed by atoms with van der Waals surface area (Å²) in [5.74, 6) is 2.46. The summed E-state index contributed by atoms with van der Waals surface area (Å²) in [7, 11) is 0. The van der Waals surface area contributed by atoms with Gasteiger partial charge in [0.05, 0.1) is 0 Å². The first-order valence-corrected chi connectivity index (χ1v) is 6.81. The largest absolute Gasteiger partial charge is 0.456 e. The molecule has 0 saturated carbocycles. The molecular weight excluding hydrogens is 232 g/mol. The topological polar surface area (TPSA) is 13.1 Å². The summed E-state index contributed by atoms with van der Waals surface area (Å²) in [6.07, 6.45) is 15.1. The average molecular weight is 256 g/mol. The number of allylic oxidation sites excluding steroid dienone is 4. The van der Waals surface area contributed by atoms with Crippen LogP contribution < -0.4 is 0 Å². The van der Waals surface area contributed by atoms with E-state index >= 15 is 0 Å². The Kier molecular flexibility index (Phi) is 6.14. The third-order valence-corrected chi connectivity index (χ3v) is 2.89. The van der Waals surface area contributed by atoms with Crippen molar-refractivity contribution in [2.24, 2.45) is 5.92 Å². The minimum Gasteiger partial charge on any atom is -0.456 e. The third kappa shape index (κ3) is 4.44. The molecule has 0 unspecified atom stereocenters. The zero-order valence-corrected chi connectivity index (χ0v) is 12.4. The van der Waals surface area contributed by atoms with E-state index in [9.17, 15) is 0 Å². The van der Waals surface area contributed by atoms with Crippen LogP contribution in [0.5, 0.6) is 0 Å². The number of hydrogen-bond acceptors (Lipinski definition) is 1. The van der Waals surface area contributed by atoms with Gasteiger partial charge in [0.2, 0.25) is 0 Å². The predicted molar refractivity (Wildman–Crippen MR) is 85.9 cm³/mol. The van der Waals surface area contributed by atoms with Crippen molar-refractivity contribution in [3.8, 4) is 0 Å². The molecule has 1 heteroatoms. The lowest BCUT2D eigenvalue weighted by atomic mass is 10.1. The highest BCUT2D eigenvalue weighted by atomic mass is 16.3. The number of hydrogen-bond donors (Lipinski definition) is 0. The highest BCUT2D eigenvalue weighted by Crippen LogP contribution is 2.26. The fraction of sp³-hybridized carbons (Fsp3) is 0.333. The van der Waals surface area contributed by atoms with Crippen molar-refractivity contribution in [2.45, 2.75) is 34.1 Å². The Morgan fingerprint density at radius 2 is 1.89 bits per heavy atom. The average Bonchev–Trinajstić information content (AvgIpc) is 2.66. The van der Waals surface area contributed by atoms with Crippen molar-refractivity contribution in [1.82, 2.24) is 0 Å². The maximum atomic E-state index is 5.89. The summed E-state index contributed by atoms with van der Waals surface area (Å²) in [6.45, 7) is 12.3. The van der Waals surface area contributed by atoms with Gasteiger partial charge < -0.3 is 4.42 Å². The third-order valence-electron chi connectivity index (χ3n) is 2.89. The summed E-state index contributed by atoms with van der Waals surface area (Å²) in [5, 5.41) is 0. The van der Waals surface area contributed by atoms with Crippen molar-refractivity contribution in [3.63, 3.8) is 0 Å². The molecule has 0 aromatic carbocycles. The van der Waals surface area contributed by atoms with E-state index in [1.165, 1.54) is 0 Å². The Morgan fingerprint density at radius 3 is 2.47 bits per heavy atom. The Hall–Kier alpha value is -1.76. The minimum absolute atomic E-state index is 0.661. The van der Waals surface area contributed by atoms with Gasteiger partial charge in [-0.2, -0.15) is 0 Å². The number of furan rings is 1. The van der Waals surface area contributed by atoms with E-state index in [1.54, 1.807) is 0 Å². The van der Waals surface area contributed by atoms with Gasteiger partial charge in [0.25, 0.3) is 0 Å². The Morgan fingerprint density at radius 1 is 1.16 bits per heavy atom. The summed E-state index contributed by atoms with van der Waals surface area (Å²) in [5.41, 5.74) is 2.22. The van der Waals surface area contributed by atoms with Crippen molar-refractivity contribution in [1.29, 1.82) is 0 Å². The minimum atomic E-state index is 0.661. The van der Waals surface area contributed by atoms with E-state index in [2.05, 4.69) is 39.5 Å². The van der Waals surface area contributed by atoms with Gasteiger partial charge in [-0.05, 0) is 38.3 Å². The summed E-state index contributed by atoms with van der Waals surface area (Å²) < 4.78 is 5.89. The van der Waals surface area contributed by atoms with Crippen LogP contribution in [-0.4, -0.2) is 0 Å². The maximum absolute atomic E-state index is 5.89. The molecule has 102 valence electrons. The molecule has 1 aromatic heterocycles. The smallest absolute Gasteiger partial charge is 0.134 e. The molecule has 19 heavy (non-hydrogen) atoms. The maximum Gasteiger partial charge on any atom is 0.134 e. The summed E-state index contributed by atoms with van der Waals surface area (Å²) in [6, 6.07) is 0. The first-order valence-electron chi connectivity index (χ1n) is 6.81. The molecule has 1 aromatic rings. The molecule has 0 amide bonds. The van der Waals surface area contributed by atoms with Crippen molar-refractivity contribution in [2.75, 3.05) is 0 Å². The Balaban J connectivity index is 3.01. The van der Waals surface area contributed by atoms with Crippen LogP contribution in [0.4, 0.5) is 0 Å². The first kappa shape index (κ1) is 15.3. The molecule has 1 heterocycles. The summed E-state index contributed by atoms with van der Waals surface area (Å²) >= 11 is 0. The first-order chi connectivity index (χ1) is 9.10. The van der Waals surface area contributed by atoms with Crippen LogP contribution >= 0.6 is 0 Å². The fourth-order valence-electron chi connectivity index (χ4n) is 1.81. The molecule has 0 N–H and O–H groups in total. The van der Waals surface area contributed by atoms with Crippen LogP contribution in [0.2, 0.25) is 0 Å². The molecule has 0 fully saturated rings. The molecule has 1 nitrogen and oxygen atoms in total. The second-order valence-electron chi connectivity index (χ2n) is 4.99. The van der Waals surface area contributed by atoms with Crippen LogP contribution in [0.3, 0.4) is 0 Å². The van der Waals surface area contributed by atoms with Gasteiger partial charge in [-0.15, -0.1) is 0 Å². The van der Waals surface area contributed by atoms with Crippen molar-refractivity contribution in [3.05, 3.63) is 53.5 Å². The predicted octanol–water partition coefficient (Wildman–Crippen LogP) is 5.88. The zero-order valence-electron chi connectivity index (χ0n) is 12.4. The lowest BCUT2D eigenvalue weighted by Gasteiger charge is -1.96. The monoisotopic (exact) mass is 256 g/mol. The SMILES string of the molecule is C=Cc1c(/C=C\CC(C)C)oc(/C=C\C=C/C)c1C. The molecule has 1 rings (SSSR count). The molecule has 0 aliphatic carbocycles. The van der Waals surface area contributed by atoms with Crippen LogP contribution in [0.15, 0.2) is 35.3 Å². The highest BCUT2D eigenvalue weighted by molar-refractivity contribution is 5.68. The molecule has 0 saturated heterocycles. The van der Waals surface area contributed by atoms with Gasteiger partial charge in [-0.3, -0.25) is 0 Å². The van der Waals surface area contributed by atoms with Crippen LogP contribution in [0, 0.1) is 12.8 Å². The van der Waals surface area contributed by atoms with Gasteiger partial charge in [0, 0.05) is 11.1 Å². The van der Waals surface area contributed by atoms with Crippen molar-refractivity contribution < 1.29 is 4.42 Å². The molecule has 0 bridgehead atoms. The number of rotatable bonds is 6. The molecule has 0 atom stereocenters. The van der Waals surface area contributed by atoms with Gasteiger partial charge in [0.15, 0.2) is 0 Å². The normalized spacial score (nSPS) is 12.5. The molecule has 0 spiro atoms. The second kappa shape index (κ2) is 7.63. The van der Waals surface area contributed by atoms with E-state index in [0.29, 0.717) is 5.92 Å². The van der Waals surface area contributed by atoms with Crippen molar-refractivity contribution >= 4 is 18.2 Å². The van der Waals surface area contributed by atoms with Crippen LogP contribution in [0.1, 0.15) is 49.8 Å². The van der Waals surface area contributed by atoms with E-state index < -0.39 is 0 Å². The Labute approximate surface area is 117 Å². The summed E-state index contributed by atoms with van der Waals surface area (Å²) in [4.78, 5) is 0. The quantitative estimate of drug-likeness (QED) is 0.579. The molecule has 0 aliphatic heterocycles. The van der Waals surface area contributed by atoms with Gasteiger partial charge >= 0.3 is 0 Å². The fourth-order valence-corrected chi connectivity index (χ4v) is 1.81.